The summed E-state index contributed by atoms with van der Waals surface area (Å²) in [5.74, 6) is -1.02. The molecule has 1 aliphatic rings. The lowest BCUT2D eigenvalue weighted by Crippen LogP contribution is -2.50. The highest BCUT2D eigenvalue weighted by molar-refractivity contribution is 5.67. The molecule has 0 aromatic carbocycles. The number of ether oxygens (including phenoxy) is 1. The standard InChI is InChI=1S/C9H17NO5/c11-5-7-6-15-2-1-10(7)4-8(12)3-9(13)14/h7-8,11-12H,1-6H2,(H,13,14). The molecule has 2 unspecified atom stereocenters. The van der Waals surface area contributed by atoms with Crippen molar-refractivity contribution in [3.63, 3.8) is 0 Å². The van der Waals surface area contributed by atoms with Crippen molar-refractivity contribution >= 4 is 5.97 Å². The fourth-order valence-corrected chi connectivity index (χ4v) is 1.63. The molecule has 1 aliphatic heterocycles. The third-order valence-corrected chi connectivity index (χ3v) is 2.42. The van der Waals surface area contributed by atoms with Crippen molar-refractivity contribution in [2.75, 3.05) is 32.9 Å². The summed E-state index contributed by atoms with van der Waals surface area (Å²) in [5, 5.41) is 27.0. The Labute approximate surface area is 88.1 Å². The normalized spacial score (nSPS) is 25.1. The Morgan fingerprint density at radius 3 is 2.93 bits per heavy atom. The lowest BCUT2D eigenvalue weighted by atomic mass is 10.2. The first-order valence-electron chi connectivity index (χ1n) is 4.96. The van der Waals surface area contributed by atoms with Gasteiger partial charge in [0.1, 0.15) is 0 Å². The first-order chi connectivity index (χ1) is 7.13. The highest BCUT2D eigenvalue weighted by Crippen LogP contribution is 2.08. The van der Waals surface area contributed by atoms with E-state index in [4.69, 9.17) is 14.9 Å². The Kier molecular flexibility index (Phi) is 4.97. The van der Waals surface area contributed by atoms with E-state index in [1.165, 1.54) is 0 Å². The summed E-state index contributed by atoms with van der Waals surface area (Å²) in [4.78, 5) is 12.2. The van der Waals surface area contributed by atoms with Crippen molar-refractivity contribution in [1.29, 1.82) is 0 Å². The fourth-order valence-electron chi connectivity index (χ4n) is 1.63. The van der Waals surface area contributed by atoms with Gasteiger partial charge in [-0.1, -0.05) is 0 Å². The quantitative estimate of drug-likeness (QED) is 0.522. The van der Waals surface area contributed by atoms with Gasteiger partial charge in [0.25, 0.3) is 0 Å². The van der Waals surface area contributed by atoms with Crippen molar-refractivity contribution in [2.45, 2.75) is 18.6 Å². The molecule has 0 aromatic heterocycles. The van der Waals surface area contributed by atoms with E-state index in [0.717, 1.165) is 0 Å². The second-order valence-corrected chi connectivity index (χ2v) is 3.66. The molecule has 0 aromatic rings. The number of carboxylic acids is 1. The van der Waals surface area contributed by atoms with Gasteiger partial charge in [-0.3, -0.25) is 9.69 Å². The molecule has 3 N–H and O–H groups in total. The van der Waals surface area contributed by atoms with Gasteiger partial charge >= 0.3 is 5.97 Å². The van der Waals surface area contributed by atoms with Crippen molar-refractivity contribution in [2.24, 2.45) is 0 Å². The zero-order valence-corrected chi connectivity index (χ0v) is 8.50. The first-order valence-corrected chi connectivity index (χ1v) is 4.96. The van der Waals surface area contributed by atoms with E-state index >= 15 is 0 Å². The van der Waals surface area contributed by atoms with Gasteiger partial charge in [0.2, 0.25) is 0 Å². The topological polar surface area (TPSA) is 90.2 Å². The van der Waals surface area contributed by atoms with Crippen LogP contribution in [0.5, 0.6) is 0 Å². The number of β-amino-alcohol motifs (C(OH)–C–C–N with tert-alkyl or cyclic N) is 1. The van der Waals surface area contributed by atoms with Crippen molar-refractivity contribution in [3.8, 4) is 0 Å². The van der Waals surface area contributed by atoms with E-state index in [2.05, 4.69) is 0 Å². The van der Waals surface area contributed by atoms with E-state index in [9.17, 15) is 9.90 Å². The second kappa shape index (κ2) is 6.02. The predicted octanol–water partition coefficient (Wildman–Crippen LogP) is -1.48. The maximum atomic E-state index is 10.3. The molecule has 0 spiro atoms. The molecule has 2 atom stereocenters. The smallest absolute Gasteiger partial charge is 0.306 e. The molecular formula is C9H17NO5. The van der Waals surface area contributed by atoms with Crippen LogP contribution in [0.4, 0.5) is 0 Å². The Balaban J connectivity index is 2.37. The van der Waals surface area contributed by atoms with Crippen LogP contribution in [0.25, 0.3) is 0 Å². The predicted molar refractivity (Wildman–Crippen MR) is 51.5 cm³/mol. The van der Waals surface area contributed by atoms with E-state index in [-0.39, 0.29) is 25.6 Å². The number of aliphatic carboxylic acids is 1. The van der Waals surface area contributed by atoms with Crippen LogP contribution in [0.15, 0.2) is 0 Å². The molecule has 0 saturated carbocycles. The van der Waals surface area contributed by atoms with Crippen molar-refractivity contribution < 1.29 is 24.9 Å². The summed E-state index contributed by atoms with van der Waals surface area (Å²) in [5.41, 5.74) is 0. The van der Waals surface area contributed by atoms with Crippen LogP contribution in [0.2, 0.25) is 0 Å². The van der Waals surface area contributed by atoms with Crippen LogP contribution in [-0.4, -0.2) is 71.2 Å². The molecule has 1 fully saturated rings. The molecule has 0 radical (unpaired) electrons. The Hall–Kier alpha value is -0.690. The third kappa shape index (κ3) is 4.13. The molecule has 1 rings (SSSR count). The molecule has 6 nitrogen and oxygen atoms in total. The molecule has 0 aliphatic carbocycles. The highest BCUT2D eigenvalue weighted by atomic mass is 16.5. The Morgan fingerprint density at radius 1 is 1.60 bits per heavy atom. The summed E-state index contributed by atoms with van der Waals surface area (Å²) >= 11 is 0. The maximum Gasteiger partial charge on any atom is 0.306 e. The van der Waals surface area contributed by atoms with Gasteiger partial charge in [-0.25, -0.2) is 0 Å². The molecule has 0 bridgehead atoms. The van der Waals surface area contributed by atoms with Crippen molar-refractivity contribution in [1.82, 2.24) is 4.90 Å². The third-order valence-electron chi connectivity index (χ3n) is 2.42. The molecule has 15 heavy (non-hydrogen) atoms. The summed E-state index contributed by atoms with van der Waals surface area (Å²) in [6, 6.07) is -0.137. The van der Waals surface area contributed by atoms with Crippen LogP contribution >= 0.6 is 0 Å². The van der Waals surface area contributed by atoms with Crippen LogP contribution in [0.3, 0.4) is 0 Å². The van der Waals surface area contributed by atoms with E-state index in [1.54, 1.807) is 0 Å². The van der Waals surface area contributed by atoms with Crippen LogP contribution in [0, 0.1) is 0 Å². The van der Waals surface area contributed by atoms with Crippen LogP contribution in [-0.2, 0) is 9.53 Å². The number of rotatable bonds is 5. The molecule has 0 amide bonds. The minimum atomic E-state index is -1.02. The van der Waals surface area contributed by atoms with Crippen LogP contribution in [0.1, 0.15) is 6.42 Å². The first kappa shape index (κ1) is 12.4. The molecule has 1 saturated heterocycles. The number of carbonyl (C=O) groups is 1. The van der Waals surface area contributed by atoms with Gasteiger partial charge in [0.15, 0.2) is 0 Å². The SMILES string of the molecule is O=C(O)CC(O)CN1CCOCC1CO. The lowest BCUT2D eigenvalue weighted by molar-refractivity contribution is -0.139. The van der Waals surface area contributed by atoms with E-state index in [1.807, 2.05) is 4.90 Å². The number of hydrogen-bond donors (Lipinski definition) is 3. The van der Waals surface area contributed by atoms with Gasteiger partial charge in [-0.05, 0) is 0 Å². The van der Waals surface area contributed by atoms with Gasteiger partial charge in [-0.15, -0.1) is 0 Å². The second-order valence-electron chi connectivity index (χ2n) is 3.66. The number of hydrogen-bond acceptors (Lipinski definition) is 5. The summed E-state index contributed by atoms with van der Waals surface area (Å²) in [6.45, 7) is 1.81. The average molecular weight is 219 g/mol. The summed E-state index contributed by atoms with van der Waals surface area (Å²) < 4.78 is 5.17. The Morgan fingerprint density at radius 2 is 2.33 bits per heavy atom. The number of carboxylic acid groups (broad SMARTS) is 1. The monoisotopic (exact) mass is 219 g/mol. The van der Waals surface area contributed by atoms with Gasteiger partial charge in [0, 0.05) is 13.1 Å². The highest BCUT2D eigenvalue weighted by Gasteiger charge is 2.24. The van der Waals surface area contributed by atoms with Crippen LogP contribution < -0.4 is 0 Å². The molecular weight excluding hydrogens is 202 g/mol. The Bertz CT molecular complexity index is 211. The zero-order chi connectivity index (χ0) is 11.3. The van der Waals surface area contributed by atoms with E-state index < -0.39 is 12.1 Å². The fraction of sp³-hybridized carbons (Fsp3) is 0.889. The molecule has 1 heterocycles. The van der Waals surface area contributed by atoms with Crippen molar-refractivity contribution in [3.05, 3.63) is 0 Å². The molecule has 6 heteroatoms. The molecule has 88 valence electrons. The number of nitrogens with zero attached hydrogens (tertiary/aromatic N) is 1. The minimum absolute atomic E-state index is 0.0419. The average Bonchev–Trinajstić information content (AvgIpc) is 2.17. The summed E-state index contributed by atoms with van der Waals surface area (Å²) in [7, 11) is 0. The number of aliphatic hydroxyl groups excluding tert-OH is 2. The van der Waals surface area contributed by atoms with Gasteiger partial charge in [-0.2, -0.15) is 0 Å². The maximum absolute atomic E-state index is 10.3. The minimum Gasteiger partial charge on any atom is -0.481 e. The van der Waals surface area contributed by atoms with Gasteiger partial charge < -0.3 is 20.1 Å². The zero-order valence-electron chi connectivity index (χ0n) is 8.50. The number of aliphatic hydroxyl groups is 2. The summed E-state index contributed by atoms with van der Waals surface area (Å²) in [6.07, 6.45) is -1.16. The lowest BCUT2D eigenvalue weighted by Gasteiger charge is -2.35. The number of morpholine rings is 1. The largest absolute Gasteiger partial charge is 0.481 e. The van der Waals surface area contributed by atoms with Gasteiger partial charge in [0.05, 0.1) is 38.4 Å². The van der Waals surface area contributed by atoms with E-state index in [0.29, 0.717) is 19.8 Å².